The zero-order valence-corrected chi connectivity index (χ0v) is 19.5. The maximum absolute atomic E-state index is 5.53. The summed E-state index contributed by atoms with van der Waals surface area (Å²) < 4.78 is 7.64. The number of hydrogen-bond acceptors (Lipinski definition) is 4. The maximum Gasteiger partial charge on any atom is 0.250 e. The zero-order chi connectivity index (χ0) is 23.9. The Kier molecular flexibility index (Phi) is 6.48. The number of aromatic nitrogens is 2. The lowest BCUT2D eigenvalue weighted by atomic mass is 9.76. The van der Waals surface area contributed by atoms with Crippen molar-refractivity contribution in [1.29, 1.82) is 0 Å². The Morgan fingerprint density at radius 3 is 1.69 bits per heavy atom. The van der Waals surface area contributed by atoms with Crippen LogP contribution in [-0.2, 0) is 5.54 Å². The van der Waals surface area contributed by atoms with Gasteiger partial charge in [0.05, 0.1) is 12.3 Å². The predicted octanol–water partition coefficient (Wildman–Crippen LogP) is 7.54. The number of benzene rings is 4. The first-order valence-electron chi connectivity index (χ1n) is 11.7. The molecule has 0 fully saturated rings. The minimum atomic E-state index is -0.687. The van der Waals surface area contributed by atoms with Gasteiger partial charge < -0.3 is 4.74 Å². The lowest BCUT2D eigenvalue weighted by molar-refractivity contribution is 0.340. The van der Waals surface area contributed by atoms with Gasteiger partial charge in [0.25, 0.3) is 5.95 Å². The molecule has 0 unspecified atom stereocenters. The van der Waals surface area contributed by atoms with Gasteiger partial charge in [0.2, 0.25) is 0 Å². The number of azo groups is 1. The number of imidazole rings is 1. The van der Waals surface area contributed by atoms with Crippen molar-refractivity contribution in [2.75, 3.05) is 6.61 Å². The van der Waals surface area contributed by atoms with Gasteiger partial charge >= 0.3 is 0 Å². The van der Waals surface area contributed by atoms with Crippen LogP contribution in [-0.4, -0.2) is 16.2 Å². The fourth-order valence-electron chi connectivity index (χ4n) is 4.46. The summed E-state index contributed by atoms with van der Waals surface area (Å²) in [7, 11) is 0. The van der Waals surface area contributed by atoms with E-state index in [0.29, 0.717) is 12.6 Å². The lowest BCUT2D eigenvalue weighted by Crippen LogP contribution is -2.37. The maximum atomic E-state index is 5.53. The van der Waals surface area contributed by atoms with Crippen LogP contribution in [0.3, 0.4) is 0 Å². The quantitative estimate of drug-likeness (QED) is 0.178. The summed E-state index contributed by atoms with van der Waals surface area (Å²) in [5.41, 5.74) is 3.36. The van der Waals surface area contributed by atoms with Crippen molar-refractivity contribution in [2.24, 2.45) is 10.2 Å². The van der Waals surface area contributed by atoms with Gasteiger partial charge in [0.1, 0.15) is 11.3 Å². The summed E-state index contributed by atoms with van der Waals surface area (Å²) in [6.07, 6.45) is 3.75. The van der Waals surface area contributed by atoms with Crippen LogP contribution in [0.2, 0.25) is 0 Å². The minimum Gasteiger partial charge on any atom is -0.494 e. The van der Waals surface area contributed by atoms with Crippen LogP contribution in [0.25, 0.3) is 0 Å². The monoisotopic (exact) mass is 458 g/mol. The molecule has 0 aliphatic rings. The molecule has 0 amide bonds. The summed E-state index contributed by atoms with van der Waals surface area (Å²) in [5, 5.41) is 9.08. The highest BCUT2D eigenvalue weighted by Gasteiger charge is 2.39. The van der Waals surface area contributed by atoms with Crippen molar-refractivity contribution in [3.63, 3.8) is 0 Å². The van der Waals surface area contributed by atoms with Crippen molar-refractivity contribution < 1.29 is 4.74 Å². The predicted molar refractivity (Wildman–Crippen MR) is 139 cm³/mol. The van der Waals surface area contributed by atoms with Crippen LogP contribution < -0.4 is 4.74 Å². The Hall–Kier alpha value is -4.51. The highest BCUT2D eigenvalue weighted by atomic mass is 16.5. The highest BCUT2D eigenvalue weighted by Crippen LogP contribution is 2.43. The van der Waals surface area contributed by atoms with Crippen LogP contribution in [0.4, 0.5) is 11.6 Å². The topological polar surface area (TPSA) is 51.8 Å². The van der Waals surface area contributed by atoms with Crippen molar-refractivity contribution in [2.45, 2.75) is 12.5 Å². The molecule has 1 heterocycles. The smallest absolute Gasteiger partial charge is 0.250 e. The molecular formula is C30H26N4O. The van der Waals surface area contributed by atoms with Gasteiger partial charge in [-0.3, -0.25) is 4.57 Å². The highest BCUT2D eigenvalue weighted by molar-refractivity contribution is 5.52. The van der Waals surface area contributed by atoms with Crippen molar-refractivity contribution in [3.05, 3.63) is 144 Å². The Balaban J connectivity index is 1.69. The largest absolute Gasteiger partial charge is 0.494 e. The molecule has 0 saturated heterocycles. The average molecular weight is 459 g/mol. The van der Waals surface area contributed by atoms with Gasteiger partial charge in [0.15, 0.2) is 0 Å². The molecular weight excluding hydrogens is 432 g/mol. The van der Waals surface area contributed by atoms with Gasteiger partial charge in [-0.1, -0.05) is 91.0 Å². The molecule has 0 aliphatic heterocycles. The van der Waals surface area contributed by atoms with Crippen molar-refractivity contribution >= 4 is 11.6 Å². The number of ether oxygens (including phenoxy) is 1. The molecule has 5 nitrogen and oxygen atoms in total. The first kappa shape index (κ1) is 22.3. The first-order chi connectivity index (χ1) is 17.3. The van der Waals surface area contributed by atoms with Crippen LogP contribution >= 0.6 is 0 Å². The first-order valence-corrected chi connectivity index (χ1v) is 11.7. The Labute approximate surface area is 205 Å². The van der Waals surface area contributed by atoms with E-state index in [9.17, 15) is 0 Å². The minimum absolute atomic E-state index is 0.510. The normalized spacial score (nSPS) is 11.6. The second kappa shape index (κ2) is 10.2. The molecule has 4 aromatic carbocycles. The van der Waals surface area contributed by atoms with Crippen molar-refractivity contribution in [3.8, 4) is 5.75 Å². The van der Waals surface area contributed by atoms with E-state index >= 15 is 0 Å². The number of nitrogens with zero attached hydrogens (tertiary/aromatic N) is 4. The molecule has 5 heteroatoms. The SMILES string of the molecule is CCOc1ccc(N=Nc2nccn2C(c2ccccc2)(c2ccccc2)c2ccccc2)cc1. The Morgan fingerprint density at radius 1 is 0.686 bits per heavy atom. The van der Waals surface area contributed by atoms with Gasteiger partial charge in [-0.15, -0.1) is 10.2 Å². The van der Waals surface area contributed by atoms with Gasteiger partial charge in [0, 0.05) is 12.4 Å². The molecule has 35 heavy (non-hydrogen) atoms. The second-order valence-electron chi connectivity index (χ2n) is 8.03. The zero-order valence-electron chi connectivity index (χ0n) is 19.5. The van der Waals surface area contributed by atoms with E-state index in [2.05, 4.69) is 92.6 Å². The molecule has 5 aromatic rings. The summed E-state index contributed by atoms with van der Waals surface area (Å²) in [4.78, 5) is 4.60. The van der Waals surface area contributed by atoms with Gasteiger partial charge in [-0.2, -0.15) is 0 Å². The Morgan fingerprint density at radius 2 is 1.20 bits per heavy atom. The van der Waals surface area contributed by atoms with Gasteiger partial charge in [-0.25, -0.2) is 4.98 Å². The van der Waals surface area contributed by atoms with E-state index in [-0.39, 0.29) is 0 Å². The second-order valence-corrected chi connectivity index (χ2v) is 8.03. The van der Waals surface area contributed by atoms with Crippen LogP contribution in [0.15, 0.2) is 138 Å². The molecule has 0 spiro atoms. The third-order valence-corrected chi connectivity index (χ3v) is 5.96. The third-order valence-electron chi connectivity index (χ3n) is 5.96. The summed E-state index contributed by atoms with van der Waals surface area (Å²) >= 11 is 0. The molecule has 5 rings (SSSR count). The molecule has 172 valence electrons. The van der Waals surface area contributed by atoms with E-state index in [1.807, 2.05) is 55.6 Å². The van der Waals surface area contributed by atoms with Gasteiger partial charge in [-0.05, 0) is 47.9 Å². The van der Waals surface area contributed by atoms with Crippen LogP contribution in [0, 0.1) is 0 Å². The summed E-state index contributed by atoms with van der Waals surface area (Å²) in [6, 6.07) is 38.9. The summed E-state index contributed by atoms with van der Waals surface area (Å²) in [5.74, 6) is 1.32. The molecule has 0 N–H and O–H groups in total. The molecule has 0 radical (unpaired) electrons. The molecule has 0 atom stereocenters. The number of hydrogen-bond donors (Lipinski definition) is 0. The van der Waals surface area contributed by atoms with E-state index in [0.717, 1.165) is 28.1 Å². The van der Waals surface area contributed by atoms with E-state index < -0.39 is 5.54 Å². The Bertz CT molecular complexity index is 1280. The molecule has 0 bridgehead atoms. The summed E-state index contributed by atoms with van der Waals surface area (Å²) in [6.45, 7) is 2.59. The molecule has 0 aliphatic carbocycles. The third kappa shape index (κ3) is 4.36. The van der Waals surface area contributed by atoms with Crippen molar-refractivity contribution in [1.82, 2.24) is 9.55 Å². The fraction of sp³-hybridized carbons (Fsp3) is 0.100. The van der Waals surface area contributed by atoms with E-state index in [4.69, 9.17) is 4.74 Å². The average Bonchev–Trinajstić information content (AvgIpc) is 3.40. The van der Waals surface area contributed by atoms with Crippen LogP contribution in [0.5, 0.6) is 5.75 Å². The van der Waals surface area contributed by atoms with E-state index in [1.54, 1.807) is 6.20 Å². The molecule has 0 saturated carbocycles. The van der Waals surface area contributed by atoms with E-state index in [1.165, 1.54) is 0 Å². The molecule has 1 aromatic heterocycles. The fourth-order valence-corrected chi connectivity index (χ4v) is 4.46. The lowest BCUT2D eigenvalue weighted by Gasteiger charge is -2.37. The van der Waals surface area contributed by atoms with Crippen LogP contribution in [0.1, 0.15) is 23.6 Å². The number of rotatable bonds is 8. The standard InChI is InChI=1S/C30H26N4O/c1-2-35-28-20-18-27(19-21-28)32-33-29-31-22-23-34(29)30(24-12-6-3-7-13-24,25-14-8-4-9-15-25)26-16-10-5-11-17-26/h3-23H,2H2,1H3.